The van der Waals surface area contributed by atoms with Crippen LogP contribution in [0.1, 0.15) is 24.0 Å². The first kappa shape index (κ1) is 17.4. The first-order chi connectivity index (χ1) is 12.2. The van der Waals surface area contributed by atoms with Crippen LogP contribution in [0.15, 0.2) is 47.2 Å². The summed E-state index contributed by atoms with van der Waals surface area (Å²) >= 11 is 3.54. The molecule has 1 aliphatic heterocycles. The molecule has 5 nitrogen and oxygen atoms in total. The van der Waals surface area contributed by atoms with Crippen molar-refractivity contribution in [3.05, 3.63) is 58.3 Å². The third-order valence-electron chi connectivity index (χ3n) is 4.47. The SMILES string of the molecule is N#Cc1ccc(N2CCC(C(=O)NCc3cccnc3)CC2)c(Br)c1. The lowest BCUT2D eigenvalue weighted by atomic mass is 9.95. The lowest BCUT2D eigenvalue weighted by Gasteiger charge is -2.33. The molecule has 3 rings (SSSR count). The zero-order valence-corrected chi connectivity index (χ0v) is 15.4. The van der Waals surface area contributed by atoms with E-state index < -0.39 is 0 Å². The number of nitrogens with zero attached hydrogens (tertiary/aromatic N) is 3. The Labute approximate surface area is 155 Å². The van der Waals surface area contributed by atoms with Crippen LogP contribution < -0.4 is 10.2 Å². The molecule has 1 aromatic carbocycles. The lowest BCUT2D eigenvalue weighted by Crippen LogP contribution is -2.40. The molecule has 1 aromatic heterocycles. The molecule has 0 radical (unpaired) electrons. The number of hydrogen-bond donors (Lipinski definition) is 1. The molecule has 0 saturated carbocycles. The van der Waals surface area contributed by atoms with Crippen molar-refractivity contribution in [2.24, 2.45) is 5.92 Å². The molecular weight excluding hydrogens is 380 g/mol. The van der Waals surface area contributed by atoms with E-state index in [2.05, 4.69) is 37.2 Å². The fourth-order valence-electron chi connectivity index (χ4n) is 3.05. The van der Waals surface area contributed by atoms with Gasteiger partial charge in [-0.2, -0.15) is 5.26 Å². The quantitative estimate of drug-likeness (QED) is 0.857. The van der Waals surface area contributed by atoms with Crippen LogP contribution in [-0.4, -0.2) is 24.0 Å². The zero-order valence-electron chi connectivity index (χ0n) is 13.8. The van der Waals surface area contributed by atoms with Crippen LogP contribution in [0.5, 0.6) is 0 Å². The minimum Gasteiger partial charge on any atom is -0.371 e. The topological polar surface area (TPSA) is 69.0 Å². The largest absolute Gasteiger partial charge is 0.371 e. The maximum absolute atomic E-state index is 12.4. The summed E-state index contributed by atoms with van der Waals surface area (Å²) in [6.07, 6.45) is 5.14. The average molecular weight is 399 g/mol. The fraction of sp³-hybridized carbons (Fsp3) is 0.316. The number of carbonyl (C=O) groups excluding carboxylic acids is 1. The van der Waals surface area contributed by atoms with E-state index in [0.717, 1.165) is 41.7 Å². The van der Waals surface area contributed by atoms with Crippen LogP contribution in [0.4, 0.5) is 5.69 Å². The number of piperidine rings is 1. The Morgan fingerprint density at radius 1 is 1.36 bits per heavy atom. The van der Waals surface area contributed by atoms with Gasteiger partial charge in [-0.25, -0.2) is 0 Å². The van der Waals surface area contributed by atoms with Gasteiger partial charge in [0.05, 0.1) is 17.3 Å². The van der Waals surface area contributed by atoms with Crippen molar-refractivity contribution in [1.82, 2.24) is 10.3 Å². The fourth-order valence-corrected chi connectivity index (χ4v) is 3.68. The van der Waals surface area contributed by atoms with E-state index in [4.69, 9.17) is 5.26 Å². The molecule has 1 N–H and O–H groups in total. The normalized spacial score (nSPS) is 14.8. The number of nitrogens with one attached hydrogen (secondary N) is 1. The highest BCUT2D eigenvalue weighted by atomic mass is 79.9. The molecule has 1 amide bonds. The maximum Gasteiger partial charge on any atom is 0.223 e. The van der Waals surface area contributed by atoms with Crippen molar-refractivity contribution in [2.45, 2.75) is 19.4 Å². The summed E-state index contributed by atoms with van der Waals surface area (Å²) in [7, 11) is 0. The second-order valence-electron chi connectivity index (χ2n) is 6.12. The van der Waals surface area contributed by atoms with E-state index >= 15 is 0 Å². The lowest BCUT2D eigenvalue weighted by molar-refractivity contribution is -0.125. The predicted octanol–water partition coefficient (Wildman–Crippen LogP) is 3.25. The summed E-state index contributed by atoms with van der Waals surface area (Å²) in [4.78, 5) is 18.7. The Balaban J connectivity index is 1.53. The highest BCUT2D eigenvalue weighted by Crippen LogP contribution is 2.30. The Kier molecular flexibility index (Phi) is 5.67. The minimum absolute atomic E-state index is 0.0464. The van der Waals surface area contributed by atoms with Crippen molar-refractivity contribution >= 4 is 27.5 Å². The number of carbonyl (C=O) groups is 1. The number of aromatic nitrogens is 1. The highest BCUT2D eigenvalue weighted by molar-refractivity contribution is 9.10. The Morgan fingerprint density at radius 2 is 2.16 bits per heavy atom. The Morgan fingerprint density at radius 3 is 2.80 bits per heavy atom. The van der Waals surface area contributed by atoms with Gasteiger partial charge in [0.2, 0.25) is 5.91 Å². The second-order valence-corrected chi connectivity index (χ2v) is 6.97. The highest BCUT2D eigenvalue weighted by Gasteiger charge is 2.25. The number of halogens is 1. The monoisotopic (exact) mass is 398 g/mol. The number of nitriles is 1. The van der Waals surface area contributed by atoms with Gasteiger partial charge >= 0.3 is 0 Å². The second kappa shape index (κ2) is 8.13. The molecule has 2 heterocycles. The summed E-state index contributed by atoms with van der Waals surface area (Å²) in [5, 5.41) is 12.0. The van der Waals surface area contributed by atoms with Gasteiger partial charge in [-0.15, -0.1) is 0 Å². The third kappa shape index (κ3) is 4.37. The number of rotatable bonds is 4. The zero-order chi connectivity index (χ0) is 17.6. The van der Waals surface area contributed by atoms with Crippen LogP contribution in [0.2, 0.25) is 0 Å². The molecule has 0 bridgehead atoms. The van der Waals surface area contributed by atoms with Crippen molar-refractivity contribution in [1.29, 1.82) is 5.26 Å². The van der Waals surface area contributed by atoms with Gasteiger partial charge < -0.3 is 10.2 Å². The van der Waals surface area contributed by atoms with Gasteiger partial charge in [0, 0.05) is 42.4 Å². The minimum atomic E-state index is 0.0464. The number of pyridine rings is 1. The summed E-state index contributed by atoms with van der Waals surface area (Å²) in [5.74, 6) is 0.160. The maximum atomic E-state index is 12.4. The Bertz CT molecular complexity index is 780. The van der Waals surface area contributed by atoms with Gasteiger partial charge in [-0.05, 0) is 58.6 Å². The molecule has 1 aliphatic rings. The first-order valence-corrected chi connectivity index (χ1v) is 9.08. The van der Waals surface area contributed by atoms with E-state index in [0.29, 0.717) is 12.1 Å². The van der Waals surface area contributed by atoms with Gasteiger partial charge in [-0.3, -0.25) is 9.78 Å². The summed E-state index contributed by atoms with van der Waals surface area (Å²) in [6, 6.07) is 11.6. The molecule has 0 spiro atoms. The van der Waals surface area contributed by atoms with Gasteiger partial charge in [-0.1, -0.05) is 6.07 Å². The standard InChI is InChI=1S/C19H19BrN4O/c20-17-10-14(11-21)3-4-18(17)24-8-5-16(6-9-24)19(25)23-13-15-2-1-7-22-12-15/h1-4,7,10,12,16H,5-6,8-9,13H2,(H,23,25). The number of hydrogen-bond acceptors (Lipinski definition) is 4. The van der Waals surface area contributed by atoms with Crippen molar-refractivity contribution in [2.75, 3.05) is 18.0 Å². The molecule has 128 valence electrons. The summed E-state index contributed by atoms with van der Waals surface area (Å²) < 4.78 is 0.922. The van der Waals surface area contributed by atoms with E-state index in [9.17, 15) is 4.79 Å². The van der Waals surface area contributed by atoms with Gasteiger partial charge in [0.25, 0.3) is 0 Å². The van der Waals surface area contributed by atoms with Crippen molar-refractivity contribution in [3.8, 4) is 6.07 Å². The van der Waals surface area contributed by atoms with E-state index in [1.165, 1.54) is 0 Å². The van der Waals surface area contributed by atoms with Crippen LogP contribution in [-0.2, 0) is 11.3 Å². The predicted molar refractivity (Wildman–Crippen MR) is 99.9 cm³/mol. The van der Waals surface area contributed by atoms with E-state index in [1.54, 1.807) is 12.4 Å². The first-order valence-electron chi connectivity index (χ1n) is 8.28. The summed E-state index contributed by atoms with van der Waals surface area (Å²) in [5.41, 5.74) is 2.73. The van der Waals surface area contributed by atoms with E-state index in [1.807, 2.05) is 30.3 Å². The number of amides is 1. The third-order valence-corrected chi connectivity index (χ3v) is 5.11. The van der Waals surface area contributed by atoms with E-state index in [-0.39, 0.29) is 11.8 Å². The molecule has 0 unspecified atom stereocenters. The van der Waals surface area contributed by atoms with Crippen LogP contribution in [0.25, 0.3) is 0 Å². The number of benzene rings is 1. The molecule has 6 heteroatoms. The molecular formula is C19H19BrN4O. The van der Waals surface area contributed by atoms with Crippen LogP contribution >= 0.6 is 15.9 Å². The number of anilines is 1. The van der Waals surface area contributed by atoms with Gasteiger partial charge in [0.15, 0.2) is 0 Å². The molecule has 1 saturated heterocycles. The Hall–Kier alpha value is -2.39. The molecule has 1 fully saturated rings. The molecule has 2 aromatic rings. The summed E-state index contributed by atoms with van der Waals surface area (Å²) in [6.45, 7) is 2.18. The molecule has 0 aliphatic carbocycles. The van der Waals surface area contributed by atoms with Crippen molar-refractivity contribution in [3.63, 3.8) is 0 Å². The molecule has 0 atom stereocenters. The van der Waals surface area contributed by atoms with Crippen molar-refractivity contribution < 1.29 is 4.79 Å². The average Bonchev–Trinajstić information content (AvgIpc) is 2.67. The smallest absolute Gasteiger partial charge is 0.223 e. The van der Waals surface area contributed by atoms with Gasteiger partial charge in [0.1, 0.15) is 0 Å². The van der Waals surface area contributed by atoms with Crippen LogP contribution in [0, 0.1) is 17.2 Å². The van der Waals surface area contributed by atoms with Crippen LogP contribution in [0.3, 0.4) is 0 Å². The molecule has 25 heavy (non-hydrogen) atoms.